The van der Waals surface area contributed by atoms with Crippen LogP contribution in [0.3, 0.4) is 0 Å². The third-order valence-corrected chi connectivity index (χ3v) is 4.44. The first-order chi connectivity index (χ1) is 11.5. The number of piperidine rings is 1. The zero-order valence-corrected chi connectivity index (χ0v) is 13.9. The Hall–Kier alpha value is -2.58. The Morgan fingerprint density at radius 1 is 1.38 bits per heavy atom. The minimum Gasteiger partial charge on any atom is -0.355 e. The molecule has 1 aromatic heterocycles. The summed E-state index contributed by atoms with van der Waals surface area (Å²) < 4.78 is 1.81. The van der Waals surface area contributed by atoms with Crippen molar-refractivity contribution >= 4 is 23.7 Å². The monoisotopic (exact) mass is 334 g/mol. The lowest BCUT2D eigenvalue weighted by atomic mass is 10.1. The van der Waals surface area contributed by atoms with Crippen LogP contribution in [0.4, 0.5) is 10.6 Å². The molecule has 3 heterocycles. The van der Waals surface area contributed by atoms with Crippen molar-refractivity contribution in [3.05, 3.63) is 12.3 Å². The molecule has 1 unspecified atom stereocenters. The second kappa shape index (κ2) is 6.50. The third kappa shape index (κ3) is 3.19. The minimum absolute atomic E-state index is 0.00770. The fourth-order valence-electron chi connectivity index (χ4n) is 3.22. The zero-order chi connectivity index (χ0) is 17.3. The lowest BCUT2D eigenvalue weighted by molar-refractivity contribution is -0.131. The number of nitrogens with one attached hydrogen (secondary N) is 1. The molecular weight excluding hydrogens is 312 g/mol. The van der Waals surface area contributed by atoms with Crippen LogP contribution >= 0.6 is 0 Å². The molecular formula is C15H22N6O3. The van der Waals surface area contributed by atoms with Gasteiger partial charge in [0.15, 0.2) is 0 Å². The van der Waals surface area contributed by atoms with Gasteiger partial charge in [-0.1, -0.05) is 0 Å². The number of aryl methyl sites for hydroxylation is 1. The summed E-state index contributed by atoms with van der Waals surface area (Å²) in [5, 5.41) is 7.11. The lowest BCUT2D eigenvalue weighted by Crippen LogP contribution is -2.51. The predicted octanol–water partition coefficient (Wildman–Crippen LogP) is -0.601. The SMILES string of the molecule is CN1CC(=O)N(CC(=O)NC2CCCN(c3ccnn3C)C2)C1=O. The quantitative estimate of drug-likeness (QED) is 0.743. The van der Waals surface area contributed by atoms with Gasteiger partial charge in [0, 0.05) is 39.3 Å². The number of anilines is 1. The Morgan fingerprint density at radius 3 is 2.79 bits per heavy atom. The summed E-state index contributed by atoms with van der Waals surface area (Å²) in [5.41, 5.74) is 0. The first-order valence-corrected chi connectivity index (χ1v) is 8.03. The molecule has 2 aliphatic heterocycles. The average molecular weight is 334 g/mol. The highest BCUT2D eigenvalue weighted by Gasteiger charge is 2.35. The third-order valence-electron chi connectivity index (χ3n) is 4.44. The maximum atomic E-state index is 12.2. The number of aromatic nitrogens is 2. The van der Waals surface area contributed by atoms with Gasteiger partial charge in [-0.2, -0.15) is 5.10 Å². The minimum atomic E-state index is -0.421. The summed E-state index contributed by atoms with van der Waals surface area (Å²) in [4.78, 5) is 40.3. The van der Waals surface area contributed by atoms with Crippen molar-refractivity contribution in [2.24, 2.45) is 7.05 Å². The first kappa shape index (κ1) is 16.3. The number of imide groups is 1. The fraction of sp³-hybridized carbons (Fsp3) is 0.600. The van der Waals surface area contributed by atoms with E-state index in [0.29, 0.717) is 6.54 Å². The Balaban J connectivity index is 1.56. The fourth-order valence-corrected chi connectivity index (χ4v) is 3.22. The molecule has 9 heteroatoms. The van der Waals surface area contributed by atoms with Crippen molar-refractivity contribution in [3.8, 4) is 0 Å². The van der Waals surface area contributed by atoms with Gasteiger partial charge in [-0.3, -0.25) is 19.2 Å². The summed E-state index contributed by atoms with van der Waals surface area (Å²) in [6.45, 7) is 1.42. The van der Waals surface area contributed by atoms with Crippen molar-refractivity contribution in [2.75, 3.05) is 38.1 Å². The van der Waals surface area contributed by atoms with E-state index in [1.807, 2.05) is 17.8 Å². The smallest absolute Gasteiger partial charge is 0.327 e. The number of hydrogen-bond donors (Lipinski definition) is 1. The van der Waals surface area contributed by atoms with Crippen LogP contribution < -0.4 is 10.2 Å². The number of urea groups is 1. The summed E-state index contributed by atoms with van der Waals surface area (Å²) in [6, 6.07) is 1.52. The highest BCUT2D eigenvalue weighted by atomic mass is 16.2. The van der Waals surface area contributed by atoms with Crippen molar-refractivity contribution in [1.82, 2.24) is 24.9 Å². The molecule has 0 bridgehead atoms. The number of nitrogens with zero attached hydrogens (tertiary/aromatic N) is 5. The molecule has 1 aromatic rings. The van der Waals surface area contributed by atoms with Gasteiger partial charge in [0.25, 0.3) is 5.91 Å². The van der Waals surface area contributed by atoms with Gasteiger partial charge in [0.2, 0.25) is 5.91 Å². The van der Waals surface area contributed by atoms with Crippen LogP contribution in [0.1, 0.15) is 12.8 Å². The number of likely N-dealkylation sites (N-methyl/N-ethyl adjacent to an activating group) is 1. The zero-order valence-electron chi connectivity index (χ0n) is 13.9. The molecule has 2 aliphatic rings. The van der Waals surface area contributed by atoms with Gasteiger partial charge in [-0.15, -0.1) is 0 Å². The molecule has 0 aromatic carbocycles. The number of hydrogen-bond acceptors (Lipinski definition) is 5. The highest BCUT2D eigenvalue weighted by molar-refractivity contribution is 6.04. The van der Waals surface area contributed by atoms with E-state index in [1.54, 1.807) is 13.2 Å². The molecule has 1 atom stereocenters. The summed E-state index contributed by atoms with van der Waals surface area (Å²) >= 11 is 0. The average Bonchev–Trinajstić information content (AvgIpc) is 3.06. The molecule has 24 heavy (non-hydrogen) atoms. The topological polar surface area (TPSA) is 90.8 Å². The van der Waals surface area contributed by atoms with Crippen LogP contribution in [0.2, 0.25) is 0 Å². The van der Waals surface area contributed by atoms with E-state index >= 15 is 0 Å². The van der Waals surface area contributed by atoms with E-state index in [2.05, 4.69) is 15.3 Å². The maximum Gasteiger partial charge on any atom is 0.327 e. The Kier molecular flexibility index (Phi) is 4.41. The molecule has 4 amide bonds. The van der Waals surface area contributed by atoms with Crippen LogP contribution in [0.5, 0.6) is 0 Å². The van der Waals surface area contributed by atoms with E-state index in [-0.39, 0.29) is 30.9 Å². The molecule has 3 rings (SSSR count). The van der Waals surface area contributed by atoms with Gasteiger partial charge in [-0.25, -0.2) is 4.79 Å². The van der Waals surface area contributed by atoms with E-state index in [4.69, 9.17) is 0 Å². The predicted molar refractivity (Wildman–Crippen MR) is 86.3 cm³/mol. The number of carbonyl (C=O) groups excluding carboxylic acids is 3. The molecule has 0 saturated carbocycles. The molecule has 0 radical (unpaired) electrons. The number of amides is 4. The Labute approximate surface area is 140 Å². The largest absolute Gasteiger partial charge is 0.355 e. The van der Waals surface area contributed by atoms with Crippen molar-refractivity contribution in [1.29, 1.82) is 0 Å². The van der Waals surface area contributed by atoms with Crippen molar-refractivity contribution in [3.63, 3.8) is 0 Å². The molecule has 0 spiro atoms. The van der Waals surface area contributed by atoms with Crippen LogP contribution in [0.25, 0.3) is 0 Å². The normalized spacial score (nSPS) is 21.6. The van der Waals surface area contributed by atoms with Gasteiger partial charge in [-0.05, 0) is 12.8 Å². The summed E-state index contributed by atoms with van der Waals surface area (Å²) in [7, 11) is 3.43. The summed E-state index contributed by atoms with van der Waals surface area (Å²) in [5.74, 6) is 0.377. The maximum absolute atomic E-state index is 12.2. The highest BCUT2D eigenvalue weighted by Crippen LogP contribution is 2.19. The van der Waals surface area contributed by atoms with Crippen molar-refractivity contribution < 1.29 is 14.4 Å². The first-order valence-electron chi connectivity index (χ1n) is 8.03. The van der Waals surface area contributed by atoms with Crippen LogP contribution in [-0.2, 0) is 16.6 Å². The Morgan fingerprint density at radius 2 is 2.17 bits per heavy atom. The summed E-state index contributed by atoms with van der Waals surface area (Å²) in [6.07, 6.45) is 3.58. The number of rotatable bonds is 4. The van der Waals surface area contributed by atoms with Crippen LogP contribution in [0, 0.1) is 0 Å². The molecule has 0 aliphatic carbocycles. The van der Waals surface area contributed by atoms with Gasteiger partial charge < -0.3 is 15.1 Å². The second-order valence-electron chi connectivity index (χ2n) is 6.28. The van der Waals surface area contributed by atoms with E-state index in [0.717, 1.165) is 30.1 Å². The molecule has 130 valence electrons. The van der Waals surface area contributed by atoms with Gasteiger partial charge >= 0.3 is 6.03 Å². The van der Waals surface area contributed by atoms with E-state index in [9.17, 15) is 14.4 Å². The van der Waals surface area contributed by atoms with Crippen LogP contribution in [0.15, 0.2) is 12.3 Å². The van der Waals surface area contributed by atoms with E-state index < -0.39 is 6.03 Å². The standard InChI is InChI=1S/C15H22N6O3/c1-18-10-14(23)21(15(18)24)9-12(22)17-11-4-3-7-20(8-11)13-5-6-16-19(13)2/h5-6,11H,3-4,7-10H2,1-2H3,(H,17,22). The van der Waals surface area contributed by atoms with Gasteiger partial charge in [0.05, 0.1) is 6.20 Å². The van der Waals surface area contributed by atoms with Gasteiger partial charge in [0.1, 0.15) is 18.9 Å². The second-order valence-corrected chi connectivity index (χ2v) is 6.28. The molecule has 9 nitrogen and oxygen atoms in total. The molecule has 2 saturated heterocycles. The lowest BCUT2D eigenvalue weighted by Gasteiger charge is -2.34. The van der Waals surface area contributed by atoms with Crippen molar-refractivity contribution in [2.45, 2.75) is 18.9 Å². The van der Waals surface area contributed by atoms with E-state index in [1.165, 1.54) is 4.90 Å². The van der Waals surface area contributed by atoms with Crippen LogP contribution in [-0.4, -0.2) is 76.7 Å². The Bertz CT molecular complexity index is 657. The molecule has 2 fully saturated rings. The molecule has 1 N–H and O–H groups in total. The number of carbonyl (C=O) groups is 3.